The topological polar surface area (TPSA) is 23.8 Å². The highest BCUT2D eigenvalue weighted by molar-refractivity contribution is 9.10. The van der Waals surface area contributed by atoms with Crippen molar-refractivity contribution < 1.29 is 0 Å². The number of nitriles is 1. The van der Waals surface area contributed by atoms with Gasteiger partial charge in [0.05, 0.1) is 5.56 Å². The van der Waals surface area contributed by atoms with E-state index in [1.807, 2.05) is 48.5 Å². The molecule has 0 unspecified atom stereocenters. The van der Waals surface area contributed by atoms with Gasteiger partial charge in [-0.1, -0.05) is 45.9 Å². The van der Waals surface area contributed by atoms with Crippen LogP contribution >= 0.6 is 27.7 Å². The van der Waals surface area contributed by atoms with Gasteiger partial charge in [0, 0.05) is 14.3 Å². The number of hydrogen-bond acceptors (Lipinski definition) is 2. The third-order valence-electron chi connectivity index (χ3n) is 2.04. The molecule has 0 N–H and O–H groups in total. The zero-order chi connectivity index (χ0) is 11.4. The van der Waals surface area contributed by atoms with E-state index in [4.69, 9.17) is 5.26 Å². The van der Waals surface area contributed by atoms with Crippen molar-refractivity contribution in [2.45, 2.75) is 9.79 Å². The normalized spacial score (nSPS) is 9.75. The first kappa shape index (κ1) is 11.3. The van der Waals surface area contributed by atoms with Gasteiger partial charge in [0.2, 0.25) is 0 Å². The van der Waals surface area contributed by atoms with E-state index in [1.165, 1.54) is 0 Å². The second-order valence-electron chi connectivity index (χ2n) is 3.17. The molecule has 0 radical (unpaired) electrons. The van der Waals surface area contributed by atoms with Gasteiger partial charge in [0.25, 0.3) is 0 Å². The Kier molecular flexibility index (Phi) is 3.66. The van der Waals surface area contributed by atoms with Crippen molar-refractivity contribution in [1.29, 1.82) is 5.26 Å². The fourth-order valence-electron chi connectivity index (χ4n) is 1.29. The van der Waals surface area contributed by atoms with Gasteiger partial charge in [-0.25, -0.2) is 0 Å². The molecule has 0 amide bonds. The third kappa shape index (κ3) is 2.66. The van der Waals surface area contributed by atoms with Crippen LogP contribution in [0.25, 0.3) is 0 Å². The fourth-order valence-corrected chi connectivity index (χ4v) is 2.76. The Bertz CT molecular complexity index is 531. The summed E-state index contributed by atoms with van der Waals surface area (Å²) < 4.78 is 0.991. The van der Waals surface area contributed by atoms with Crippen LogP contribution in [0, 0.1) is 11.3 Å². The van der Waals surface area contributed by atoms with E-state index >= 15 is 0 Å². The quantitative estimate of drug-likeness (QED) is 0.814. The van der Waals surface area contributed by atoms with E-state index in [-0.39, 0.29) is 0 Å². The summed E-state index contributed by atoms with van der Waals surface area (Å²) in [4.78, 5) is 2.11. The largest absolute Gasteiger partial charge is 0.192 e. The number of rotatable bonds is 2. The van der Waals surface area contributed by atoms with Crippen molar-refractivity contribution >= 4 is 27.7 Å². The first-order chi connectivity index (χ1) is 7.79. The van der Waals surface area contributed by atoms with E-state index in [9.17, 15) is 0 Å². The van der Waals surface area contributed by atoms with Crippen molar-refractivity contribution in [2.75, 3.05) is 0 Å². The molecule has 78 valence electrons. The van der Waals surface area contributed by atoms with E-state index < -0.39 is 0 Å². The van der Waals surface area contributed by atoms with Crippen LogP contribution in [0.4, 0.5) is 0 Å². The van der Waals surface area contributed by atoms with Crippen molar-refractivity contribution in [3.8, 4) is 6.07 Å². The maximum atomic E-state index is 9.01. The van der Waals surface area contributed by atoms with Crippen molar-refractivity contribution in [3.63, 3.8) is 0 Å². The molecule has 0 bridgehead atoms. The molecule has 2 aromatic carbocycles. The number of nitrogens with zero attached hydrogens (tertiary/aromatic N) is 1. The molecule has 3 heteroatoms. The summed E-state index contributed by atoms with van der Waals surface area (Å²) in [6.45, 7) is 0. The first-order valence-corrected chi connectivity index (χ1v) is 6.33. The molecule has 0 fully saturated rings. The lowest BCUT2D eigenvalue weighted by molar-refractivity contribution is 1.34. The van der Waals surface area contributed by atoms with E-state index in [0.29, 0.717) is 5.56 Å². The standard InChI is InChI=1S/C13H8BrNS/c14-11-7-6-10(9-15)13(8-11)16-12-4-2-1-3-5-12/h1-8H. The van der Waals surface area contributed by atoms with Gasteiger partial charge in [0.15, 0.2) is 0 Å². The van der Waals surface area contributed by atoms with Gasteiger partial charge >= 0.3 is 0 Å². The first-order valence-electron chi connectivity index (χ1n) is 4.72. The Morgan fingerprint density at radius 1 is 1.06 bits per heavy atom. The van der Waals surface area contributed by atoms with Crippen LogP contribution in [0.3, 0.4) is 0 Å². The molecule has 0 heterocycles. The molecular formula is C13H8BrNS. The minimum absolute atomic E-state index is 0.706. The minimum atomic E-state index is 0.706. The van der Waals surface area contributed by atoms with Crippen molar-refractivity contribution in [1.82, 2.24) is 0 Å². The van der Waals surface area contributed by atoms with Crippen LogP contribution in [-0.4, -0.2) is 0 Å². The Hall–Kier alpha value is -1.24. The van der Waals surface area contributed by atoms with Crippen molar-refractivity contribution in [2.24, 2.45) is 0 Å². The van der Waals surface area contributed by atoms with Crippen LogP contribution in [0.5, 0.6) is 0 Å². The number of benzene rings is 2. The molecule has 0 aliphatic rings. The molecule has 2 aromatic rings. The summed E-state index contributed by atoms with van der Waals surface area (Å²) in [7, 11) is 0. The average molecular weight is 290 g/mol. The maximum absolute atomic E-state index is 9.01. The lowest BCUT2D eigenvalue weighted by Gasteiger charge is -2.04. The van der Waals surface area contributed by atoms with Crippen molar-refractivity contribution in [3.05, 3.63) is 58.6 Å². The van der Waals surface area contributed by atoms with Gasteiger partial charge < -0.3 is 0 Å². The van der Waals surface area contributed by atoms with E-state index in [0.717, 1.165) is 14.3 Å². The summed E-state index contributed by atoms with van der Waals surface area (Å²) in [5.41, 5.74) is 0.706. The zero-order valence-electron chi connectivity index (χ0n) is 8.35. The van der Waals surface area contributed by atoms with Crippen LogP contribution in [-0.2, 0) is 0 Å². The monoisotopic (exact) mass is 289 g/mol. The van der Waals surface area contributed by atoms with E-state index in [2.05, 4.69) is 22.0 Å². The van der Waals surface area contributed by atoms with Crippen LogP contribution in [0.15, 0.2) is 62.8 Å². The summed E-state index contributed by atoms with van der Waals surface area (Å²) >= 11 is 5.02. The zero-order valence-corrected chi connectivity index (χ0v) is 10.8. The van der Waals surface area contributed by atoms with Crippen LogP contribution in [0.2, 0.25) is 0 Å². The SMILES string of the molecule is N#Cc1ccc(Br)cc1Sc1ccccc1. The van der Waals surface area contributed by atoms with E-state index in [1.54, 1.807) is 11.8 Å². The number of halogens is 1. The molecule has 16 heavy (non-hydrogen) atoms. The Balaban J connectivity index is 2.35. The fraction of sp³-hybridized carbons (Fsp3) is 0. The summed E-state index contributed by atoms with van der Waals surface area (Å²) in [6.07, 6.45) is 0. The van der Waals surface area contributed by atoms with Gasteiger partial charge in [-0.15, -0.1) is 0 Å². The summed E-state index contributed by atoms with van der Waals surface area (Å²) in [6, 6.07) is 17.9. The lowest BCUT2D eigenvalue weighted by Crippen LogP contribution is -1.81. The molecule has 2 rings (SSSR count). The molecule has 0 saturated heterocycles. The minimum Gasteiger partial charge on any atom is -0.192 e. The summed E-state index contributed by atoms with van der Waals surface area (Å²) in [5.74, 6) is 0. The number of hydrogen-bond donors (Lipinski definition) is 0. The molecular weight excluding hydrogens is 282 g/mol. The molecule has 0 atom stereocenters. The molecule has 0 aliphatic carbocycles. The van der Waals surface area contributed by atoms with Gasteiger partial charge in [-0.05, 0) is 30.3 Å². The lowest BCUT2D eigenvalue weighted by atomic mass is 10.2. The highest BCUT2D eigenvalue weighted by Gasteiger charge is 2.04. The van der Waals surface area contributed by atoms with Gasteiger partial charge in [-0.2, -0.15) is 5.26 Å². The predicted molar refractivity (Wildman–Crippen MR) is 69.4 cm³/mol. The highest BCUT2D eigenvalue weighted by atomic mass is 79.9. The summed E-state index contributed by atoms with van der Waals surface area (Å²) in [5, 5.41) is 9.01. The van der Waals surface area contributed by atoms with Gasteiger partial charge in [-0.3, -0.25) is 0 Å². The smallest absolute Gasteiger partial charge is 0.100 e. The third-order valence-corrected chi connectivity index (χ3v) is 3.59. The maximum Gasteiger partial charge on any atom is 0.100 e. The molecule has 0 spiro atoms. The Morgan fingerprint density at radius 3 is 2.50 bits per heavy atom. The van der Waals surface area contributed by atoms with Crippen LogP contribution < -0.4 is 0 Å². The Labute approximate surface area is 107 Å². The molecule has 1 nitrogen and oxygen atoms in total. The second-order valence-corrected chi connectivity index (χ2v) is 5.20. The second kappa shape index (κ2) is 5.20. The predicted octanol–water partition coefficient (Wildman–Crippen LogP) is 4.47. The molecule has 0 aliphatic heterocycles. The molecule has 0 aromatic heterocycles. The molecule has 0 saturated carbocycles. The van der Waals surface area contributed by atoms with Gasteiger partial charge in [0.1, 0.15) is 6.07 Å². The van der Waals surface area contributed by atoms with Crippen LogP contribution in [0.1, 0.15) is 5.56 Å². The highest BCUT2D eigenvalue weighted by Crippen LogP contribution is 2.31. The Morgan fingerprint density at radius 2 is 1.81 bits per heavy atom. The average Bonchev–Trinajstić information content (AvgIpc) is 2.31.